The van der Waals surface area contributed by atoms with E-state index in [9.17, 15) is 9.59 Å². The third-order valence-electron chi connectivity index (χ3n) is 3.39. The molecule has 0 N–H and O–H groups in total. The van der Waals surface area contributed by atoms with Gasteiger partial charge in [0.05, 0.1) is 12.3 Å². The van der Waals surface area contributed by atoms with E-state index >= 15 is 0 Å². The van der Waals surface area contributed by atoms with Crippen molar-refractivity contribution in [3.63, 3.8) is 0 Å². The van der Waals surface area contributed by atoms with E-state index in [-0.39, 0.29) is 24.1 Å². The first-order valence-electron chi connectivity index (χ1n) is 6.92. The zero-order chi connectivity index (χ0) is 14.7. The van der Waals surface area contributed by atoms with E-state index in [0.29, 0.717) is 13.2 Å². The summed E-state index contributed by atoms with van der Waals surface area (Å²) in [7, 11) is 1.74. The minimum absolute atomic E-state index is 0.0466. The van der Waals surface area contributed by atoms with E-state index in [1.54, 1.807) is 23.6 Å². The molecule has 1 amide bonds. The number of esters is 1. The second kappa shape index (κ2) is 6.02. The van der Waals surface area contributed by atoms with Crippen molar-refractivity contribution in [3.8, 4) is 0 Å². The Balaban J connectivity index is 2.21. The Hall–Kier alpha value is -1.92. The van der Waals surface area contributed by atoms with Crippen LogP contribution in [0.2, 0.25) is 0 Å². The maximum Gasteiger partial charge on any atom is 0.360 e. The molecule has 0 radical (unpaired) electrons. The fourth-order valence-corrected chi connectivity index (χ4v) is 1.97. The quantitative estimate of drug-likeness (QED) is 0.721. The number of hydrogen-bond acceptors (Lipinski definition) is 5. The molecule has 0 atom stereocenters. The summed E-state index contributed by atoms with van der Waals surface area (Å²) in [5.74, 6) is -0.240. The lowest BCUT2D eigenvalue weighted by Gasteiger charge is -2.15. The summed E-state index contributed by atoms with van der Waals surface area (Å²) >= 11 is 0. The topological polar surface area (TPSA) is 77.3 Å². The molecule has 1 aromatic heterocycles. The van der Waals surface area contributed by atoms with Gasteiger partial charge in [0.25, 0.3) is 0 Å². The predicted octanol–water partition coefficient (Wildman–Crippen LogP) is 0.810. The van der Waals surface area contributed by atoms with E-state index in [0.717, 1.165) is 18.5 Å². The van der Waals surface area contributed by atoms with Gasteiger partial charge in [0.15, 0.2) is 5.69 Å². The number of ether oxygens (including phenoxy) is 1. The van der Waals surface area contributed by atoms with Gasteiger partial charge in [-0.05, 0) is 26.7 Å². The van der Waals surface area contributed by atoms with Crippen LogP contribution in [0.1, 0.15) is 48.8 Å². The lowest BCUT2D eigenvalue weighted by atomic mass is 10.2. The second-order valence-electron chi connectivity index (χ2n) is 4.88. The smallest absolute Gasteiger partial charge is 0.360 e. The van der Waals surface area contributed by atoms with E-state index in [1.807, 2.05) is 6.92 Å². The standard InChI is InChI=1S/C13H20N4O3/c1-4-16(3)10(18)8-17-12(9-6-7-9)11(14-15-17)13(19)20-5-2/h9H,4-8H2,1-3H3. The van der Waals surface area contributed by atoms with Gasteiger partial charge < -0.3 is 9.64 Å². The number of likely N-dealkylation sites (N-methyl/N-ethyl adjacent to an activating group) is 1. The van der Waals surface area contributed by atoms with Gasteiger partial charge in [-0.2, -0.15) is 0 Å². The summed E-state index contributed by atoms with van der Waals surface area (Å²) in [4.78, 5) is 25.4. The van der Waals surface area contributed by atoms with Crippen molar-refractivity contribution in [2.45, 2.75) is 39.2 Å². The van der Waals surface area contributed by atoms with Gasteiger partial charge in [0.2, 0.25) is 5.91 Å². The molecule has 0 spiro atoms. The highest BCUT2D eigenvalue weighted by molar-refractivity contribution is 5.88. The molecule has 110 valence electrons. The van der Waals surface area contributed by atoms with Crippen molar-refractivity contribution in [1.82, 2.24) is 19.9 Å². The molecule has 20 heavy (non-hydrogen) atoms. The Bertz CT molecular complexity index is 508. The van der Waals surface area contributed by atoms with Gasteiger partial charge in [-0.1, -0.05) is 5.21 Å². The summed E-state index contributed by atoms with van der Waals surface area (Å²) in [5, 5.41) is 7.86. The number of rotatable bonds is 6. The molecule has 0 aliphatic heterocycles. The molecule has 2 rings (SSSR count). The first kappa shape index (κ1) is 14.5. The van der Waals surface area contributed by atoms with Crippen molar-refractivity contribution in [3.05, 3.63) is 11.4 Å². The van der Waals surface area contributed by atoms with Crippen LogP contribution in [0.3, 0.4) is 0 Å². The molecule has 1 fully saturated rings. The molecule has 7 heteroatoms. The molecule has 7 nitrogen and oxygen atoms in total. The first-order valence-corrected chi connectivity index (χ1v) is 6.92. The van der Waals surface area contributed by atoms with Crippen molar-refractivity contribution in [2.24, 2.45) is 0 Å². The van der Waals surface area contributed by atoms with Crippen LogP contribution < -0.4 is 0 Å². The zero-order valence-electron chi connectivity index (χ0n) is 12.1. The van der Waals surface area contributed by atoms with Crippen molar-refractivity contribution < 1.29 is 14.3 Å². The SMILES string of the molecule is CCOC(=O)c1nnn(CC(=O)N(C)CC)c1C1CC1. The van der Waals surface area contributed by atoms with Gasteiger partial charge in [-0.15, -0.1) is 5.10 Å². The van der Waals surface area contributed by atoms with Gasteiger partial charge in [0.1, 0.15) is 6.54 Å². The highest BCUT2D eigenvalue weighted by Gasteiger charge is 2.34. The minimum Gasteiger partial charge on any atom is -0.461 e. The molecule has 0 saturated heterocycles. The molecule has 0 unspecified atom stereocenters. The Labute approximate surface area is 117 Å². The van der Waals surface area contributed by atoms with Crippen LogP contribution in [-0.2, 0) is 16.1 Å². The zero-order valence-corrected chi connectivity index (χ0v) is 12.1. The Morgan fingerprint density at radius 2 is 2.10 bits per heavy atom. The molecular weight excluding hydrogens is 260 g/mol. The molecule has 0 bridgehead atoms. The number of amides is 1. The summed E-state index contributed by atoms with van der Waals surface area (Å²) < 4.78 is 6.52. The van der Waals surface area contributed by atoms with E-state index < -0.39 is 5.97 Å². The van der Waals surface area contributed by atoms with Crippen LogP contribution in [0.15, 0.2) is 0 Å². The number of carbonyl (C=O) groups is 2. The fourth-order valence-electron chi connectivity index (χ4n) is 1.97. The second-order valence-corrected chi connectivity index (χ2v) is 4.88. The van der Waals surface area contributed by atoms with Crippen LogP contribution in [0.4, 0.5) is 0 Å². The largest absolute Gasteiger partial charge is 0.461 e. The first-order chi connectivity index (χ1) is 9.58. The fraction of sp³-hybridized carbons (Fsp3) is 0.692. The van der Waals surface area contributed by atoms with Crippen molar-refractivity contribution >= 4 is 11.9 Å². The summed E-state index contributed by atoms with van der Waals surface area (Å²) in [6, 6.07) is 0. The average molecular weight is 280 g/mol. The van der Waals surface area contributed by atoms with E-state index in [4.69, 9.17) is 4.74 Å². The molecule has 1 aliphatic rings. The molecule has 1 aromatic rings. The Morgan fingerprint density at radius 3 is 2.65 bits per heavy atom. The molecule has 0 aromatic carbocycles. The van der Waals surface area contributed by atoms with Gasteiger partial charge in [-0.3, -0.25) is 4.79 Å². The minimum atomic E-state index is -0.461. The molecule has 1 heterocycles. The van der Waals surface area contributed by atoms with E-state index in [2.05, 4.69) is 10.3 Å². The van der Waals surface area contributed by atoms with Gasteiger partial charge in [0, 0.05) is 19.5 Å². The van der Waals surface area contributed by atoms with Crippen LogP contribution in [0.25, 0.3) is 0 Å². The molecular formula is C13H20N4O3. The Kier molecular flexibility index (Phi) is 4.36. The average Bonchev–Trinajstić information content (AvgIpc) is 3.19. The normalized spacial score (nSPS) is 14.2. The maximum absolute atomic E-state index is 12.0. The van der Waals surface area contributed by atoms with Crippen LogP contribution in [0.5, 0.6) is 0 Å². The summed E-state index contributed by atoms with van der Waals surface area (Å²) in [5.41, 5.74) is 0.989. The lowest BCUT2D eigenvalue weighted by molar-refractivity contribution is -0.130. The third-order valence-corrected chi connectivity index (χ3v) is 3.39. The lowest BCUT2D eigenvalue weighted by Crippen LogP contribution is -2.30. The third kappa shape index (κ3) is 2.97. The Morgan fingerprint density at radius 1 is 1.40 bits per heavy atom. The van der Waals surface area contributed by atoms with Crippen LogP contribution in [-0.4, -0.2) is 52.0 Å². The number of carbonyl (C=O) groups excluding carboxylic acids is 2. The highest BCUT2D eigenvalue weighted by Crippen LogP contribution is 2.41. The van der Waals surface area contributed by atoms with Gasteiger partial charge >= 0.3 is 5.97 Å². The van der Waals surface area contributed by atoms with Gasteiger partial charge in [-0.25, -0.2) is 9.48 Å². The summed E-state index contributed by atoms with van der Waals surface area (Å²) in [6.45, 7) is 4.71. The number of aromatic nitrogens is 3. The maximum atomic E-state index is 12.0. The highest BCUT2D eigenvalue weighted by atomic mass is 16.5. The van der Waals surface area contributed by atoms with Crippen molar-refractivity contribution in [2.75, 3.05) is 20.2 Å². The predicted molar refractivity (Wildman–Crippen MR) is 71.3 cm³/mol. The van der Waals surface area contributed by atoms with Crippen LogP contribution >= 0.6 is 0 Å². The monoisotopic (exact) mass is 280 g/mol. The number of hydrogen-bond donors (Lipinski definition) is 0. The van der Waals surface area contributed by atoms with Crippen LogP contribution in [0, 0.1) is 0 Å². The number of nitrogens with zero attached hydrogens (tertiary/aromatic N) is 4. The summed E-state index contributed by atoms with van der Waals surface area (Å²) in [6.07, 6.45) is 2.00. The molecule has 1 aliphatic carbocycles. The van der Waals surface area contributed by atoms with Crippen molar-refractivity contribution in [1.29, 1.82) is 0 Å². The van der Waals surface area contributed by atoms with E-state index in [1.165, 1.54) is 0 Å². The molecule has 1 saturated carbocycles.